The van der Waals surface area contributed by atoms with Crippen LogP contribution in [0.3, 0.4) is 0 Å². The van der Waals surface area contributed by atoms with E-state index in [0.29, 0.717) is 5.56 Å². The van der Waals surface area contributed by atoms with Gasteiger partial charge in [-0.2, -0.15) is 13.2 Å². The van der Waals surface area contributed by atoms with Crippen LogP contribution in [0.15, 0.2) is 18.2 Å². The lowest BCUT2D eigenvalue weighted by atomic mass is 10.0. The number of nitrogens with two attached hydrogens (primary N) is 1. The largest absolute Gasteiger partial charge is 0.389 e. The molecule has 0 radical (unpaired) electrons. The van der Waals surface area contributed by atoms with Crippen LogP contribution in [0.1, 0.15) is 18.4 Å². The Morgan fingerprint density at radius 2 is 1.76 bits per heavy atom. The zero-order valence-electron chi connectivity index (χ0n) is 8.90. The minimum absolute atomic E-state index is 0.0906. The van der Waals surface area contributed by atoms with E-state index in [1.54, 1.807) is 0 Å². The van der Waals surface area contributed by atoms with Crippen molar-refractivity contribution in [2.45, 2.75) is 31.5 Å². The van der Waals surface area contributed by atoms with Crippen molar-refractivity contribution in [3.05, 3.63) is 35.4 Å². The molecule has 0 amide bonds. The molecule has 0 fully saturated rings. The van der Waals surface area contributed by atoms with Crippen LogP contribution < -0.4 is 5.73 Å². The SMILES string of the molecule is NC(CCC(F)(F)F)Cc1ccc(F)c(F)c1. The third kappa shape index (κ3) is 5.12. The van der Waals surface area contributed by atoms with Gasteiger partial charge < -0.3 is 5.73 Å². The molecule has 2 N–H and O–H groups in total. The van der Waals surface area contributed by atoms with Crippen molar-refractivity contribution < 1.29 is 22.0 Å². The molecule has 0 aromatic heterocycles. The Morgan fingerprint density at radius 3 is 2.29 bits per heavy atom. The molecule has 0 aliphatic rings. The van der Waals surface area contributed by atoms with Gasteiger partial charge >= 0.3 is 6.18 Å². The van der Waals surface area contributed by atoms with E-state index < -0.39 is 30.3 Å². The van der Waals surface area contributed by atoms with Crippen molar-refractivity contribution in [3.63, 3.8) is 0 Å². The molecule has 1 unspecified atom stereocenters. The summed E-state index contributed by atoms with van der Waals surface area (Å²) >= 11 is 0. The maximum Gasteiger partial charge on any atom is 0.389 e. The van der Waals surface area contributed by atoms with Crippen molar-refractivity contribution >= 4 is 0 Å². The number of halogens is 5. The number of benzene rings is 1. The van der Waals surface area contributed by atoms with E-state index in [-0.39, 0.29) is 12.8 Å². The third-order valence-corrected chi connectivity index (χ3v) is 2.28. The first-order chi connectivity index (χ1) is 7.78. The zero-order chi connectivity index (χ0) is 13.1. The summed E-state index contributed by atoms with van der Waals surface area (Å²) in [6.07, 6.45) is -5.36. The van der Waals surface area contributed by atoms with Gasteiger partial charge in [0.1, 0.15) is 0 Å². The first kappa shape index (κ1) is 13.9. The molecule has 6 heteroatoms. The van der Waals surface area contributed by atoms with Crippen molar-refractivity contribution in [3.8, 4) is 0 Å². The molecule has 1 aromatic rings. The second kappa shape index (κ2) is 5.44. The van der Waals surface area contributed by atoms with Crippen molar-refractivity contribution in [1.82, 2.24) is 0 Å². The van der Waals surface area contributed by atoms with Gasteiger partial charge in [-0.3, -0.25) is 0 Å². The maximum absolute atomic E-state index is 12.8. The summed E-state index contributed by atoms with van der Waals surface area (Å²) in [6, 6.07) is 2.47. The molecule has 1 aromatic carbocycles. The fraction of sp³-hybridized carbons (Fsp3) is 0.455. The minimum atomic E-state index is -4.24. The lowest BCUT2D eigenvalue weighted by Crippen LogP contribution is -2.25. The monoisotopic (exact) mass is 253 g/mol. The zero-order valence-corrected chi connectivity index (χ0v) is 8.90. The summed E-state index contributed by atoms with van der Waals surface area (Å²) in [4.78, 5) is 0. The van der Waals surface area contributed by atoms with Gasteiger partial charge in [0.15, 0.2) is 11.6 Å². The second-order valence-corrected chi connectivity index (χ2v) is 3.87. The van der Waals surface area contributed by atoms with E-state index in [1.807, 2.05) is 0 Å². The van der Waals surface area contributed by atoms with Crippen LogP contribution in [0.25, 0.3) is 0 Å². The summed E-state index contributed by atoms with van der Waals surface area (Å²) < 4.78 is 61.1. The third-order valence-electron chi connectivity index (χ3n) is 2.28. The number of hydrogen-bond acceptors (Lipinski definition) is 1. The highest BCUT2D eigenvalue weighted by atomic mass is 19.4. The van der Waals surface area contributed by atoms with Crippen LogP contribution in [-0.2, 0) is 6.42 Å². The van der Waals surface area contributed by atoms with Gasteiger partial charge in [0, 0.05) is 12.5 Å². The molecule has 0 spiro atoms. The van der Waals surface area contributed by atoms with Crippen LogP contribution in [0.5, 0.6) is 0 Å². The van der Waals surface area contributed by atoms with Crippen LogP contribution in [0.4, 0.5) is 22.0 Å². The Labute approximate surface area is 95.4 Å². The lowest BCUT2D eigenvalue weighted by molar-refractivity contribution is -0.136. The van der Waals surface area contributed by atoms with Gasteiger partial charge in [-0.15, -0.1) is 0 Å². The topological polar surface area (TPSA) is 26.0 Å². The lowest BCUT2D eigenvalue weighted by Gasteiger charge is -2.13. The average molecular weight is 253 g/mol. The molecule has 1 nitrogen and oxygen atoms in total. The Hall–Kier alpha value is -1.17. The fourth-order valence-electron chi connectivity index (χ4n) is 1.42. The Bertz CT molecular complexity index is 375. The highest BCUT2D eigenvalue weighted by Gasteiger charge is 2.27. The van der Waals surface area contributed by atoms with Crippen LogP contribution in [0.2, 0.25) is 0 Å². The Morgan fingerprint density at radius 1 is 1.12 bits per heavy atom. The standard InChI is InChI=1S/C11H12F5N/c12-9-2-1-7(6-10(9)13)5-8(17)3-4-11(14,15)16/h1-2,6,8H,3-5,17H2. The van der Waals surface area contributed by atoms with Crippen molar-refractivity contribution in [1.29, 1.82) is 0 Å². The molecular weight excluding hydrogens is 241 g/mol. The van der Waals surface area contributed by atoms with Crippen LogP contribution in [0, 0.1) is 11.6 Å². The van der Waals surface area contributed by atoms with Gasteiger partial charge in [-0.05, 0) is 30.5 Å². The summed E-state index contributed by atoms with van der Waals surface area (Å²) in [6.45, 7) is 0. The molecular formula is C11H12F5N. The average Bonchev–Trinajstić information content (AvgIpc) is 2.20. The second-order valence-electron chi connectivity index (χ2n) is 3.87. The van der Waals surface area contributed by atoms with E-state index in [2.05, 4.69) is 0 Å². The Balaban J connectivity index is 2.50. The van der Waals surface area contributed by atoms with E-state index >= 15 is 0 Å². The number of rotatable bonds is 4. The molecule has 0 saturated heterocycles. The highest BCUT2D eigenvalue weighted by molar-refractivity contribution is 5.18. The van der Waals surface area contributed by atoms with Gasteiger partial charge in [0.2, 0.25) is 0 Å². The van der Waals surface area contributed by atoms with E-state index in [9.17, 15) is 22.0 Å². The molecule has 0 bridgehead atoms. The summed E-state index contributed by atoms with van der Waals surface area (Å²) in [5.41, 5.74) is 5.87. The number of alkyl halides is 3. The summed E-state index contributed by atoms with van der Waals surface area (Å²) in [5.74, 6) is -2.01. The predicted molar refractivity (Wildman–Crippen MR) is 53.3 cm³/mol. The van der Waals surface area contributed by atoms with E-state index in [1.165, 1.54) is 6.07 Å². The molecule has 0 heterocycles. The molecule has 1 rings (SSSR count). The van der Waals surface area contributed by atoms with E-state index in [0.717, 1.165) is 12.1 Å². The predicted octanol–water partition coefficient (Wildman–Crippen LogP) is 3.18. The van der Waals surface area contributed by atoms with E-state index in [4.69, 9.17) is 5.73 Å². The molecule has 1 atom stereocenters. The fourth-order valence-corrected chi connectivity index (χ4v) is 1.42. The quantitative estimate of drug-likeness (QED) is 0.819. The maximum atomic E-state index is 12.8. The van der Waals surface area contributed by atoms with Gasteiger partial charge in [-0.1, -0.05) is 6.07 Å². The molecule has 0 aliphatic carbocycles. The summed E-state index contributed by atoms with van der Waals surface area (Å²) in [5, 5.41) is 0. The Kier molecular flexibility index (Phi) is 4.45. The van der Waals surface area contributed by atoms with Crippen molar-refractivity contribution in [2.75, 3.05) is 0 Å². The first-order valence-corrected chi connectivity index (χ1v) is 5.04. The normalized spacial score (nSPS) is 13.8. The molecule has 96 valence electrons. The summed E-state index contributed by atoms with van der Waals surface area (Å²) in [7, 11) is 0. The highest BCUT2D eigenvalue weighted by Crippen LogP contribution is 2.22. The molecule has 0 saturated carbocycles. The van der Waals surface area contributed by atoms with Crippen molar-refractivity contribution in [2.24, 2.45) is 5.73 Å². The molecule has 17 heavy (non-hydrogen) atoms. The molecule has 0 aliphatic heterocycles. The first-order valence-electron chi connectivity index (χ1n) is 5.04. The van der Waals surface area contributed by atoms with Crippen LogP contribution in [-0.4, -0.2) is 12.2 Å². The van der Waals surface area contributed by atoms with Crippen LogP contribution >= 0.6 is 0 Å². The van der Waals surface area contributed by atoms with Gasteiger partial charge in [-0.25, -0.2) is 8.78 Å². The minimum Gasteiger partial charge on any atom is -0.327 e. The van der Waals surface area contributed by atoms with Gasteiger partial charge in [0.25, 0.3) is 0 Å². The number of hydrogen-bond donors (Lipinski definition) is 1. The smallest absolute Gasteiger partial charge is 0.327 e. The van der Waals surface area contributed by atoms with Gasteiger partial charge in [0.05, 0.1) is 0 Å².